The molecule has 0 aromatic carbocycles. The predicted octanol–water partition coefficient (Wildman–Crippen LogP) is 6.30. The number of carbonyl (C=O) groups excluding carboxylic acids is 1. The molecule has 0 bridgehead atoms. The molecule has 0 saturated carbocycles. The van der Waals surface area contributed by atoms with Crippen LogP contribution in [0.4, 0.5) is 0 Å². The smallest absolute Gasteiger partial charge is 0.219 e. The number of amides is 1. The van der Waals surface area contributed by atoms with Gasteiger partial charge in [0.15, 0.2) is 0 Å². The zero-order chi connectivity index (χ0) is 22.1. The van der Waals surface area contributed by atoms with Crippen LogP contribution in [0.15, 0.2) is 0 Å². The van der Waals surface area contributed by atoms with Crippen LogP contribution in [-0.4, -0.2) is 51.1 Å². The second kappa shape index (κ2) is 24.7. The number of carbonyl (C=O) groups is 1. The number of rotatable bonds is 24. The third-order valence-electron chi connectivity index (χ3n) is 6.01. The van der Waals surface area contributed by atoms with E-state index in [9.17, 15) is 4.79 Å². The first kappa shape index (κ1) is 29.4. The molecule has 0 heterocycles. The minimum absolute atomic E-state index is 0.238. The summed E-state index contributed by atoms with van der Waals surface area (Å²) in [6, 6.07) is 0. The normalized spacial score (nSPS) is 11.3. The van der Waals surface area contributed by atoms with Crippen molar-refractivity contribution in [2.75, 3.05) is 40.3 Å². The zero-order valence-electron chi connectivity index (χ0n) is 20.9. The van der Waals surface area contributed by atoms with Crippen molar-refractivity contribution < 1.29 is 4.79 Å². The van der Waals surface area contributed by atoms with E-state index >= 15 is 0 Å². The summed E-state index contributed by atoms with van der Waals surface area (Å²) < 4.78 is 0. The highest BCUT2D eigenvalue weighted by Gasteiger charge is 2.02. The van der Waals surface area contributed by atoms with E-state index in [0.29, 0.717) is 6.42 Å². The molecule has 1 amide bonds. The van der Waals surface area contributed by atoms with Gasteiger partial charge in [-0.25, -0.2) is 0 Å². The first-order valence-corrected chi connectivity index (χ1v) is 13.3. The Labute approximate surface area is 189 Å². The predicted molar refractivity (Wildman–Crippen MR) is 133 cm³/mol. The van der Waals surface area contributed by atoms with Gasteiger partial charge in [0.2, 0.25) is 5.91 Å². The van der Waals surface area contributed by atoms with E-state index in [1.807, 2.05) is 7.05 Å². The molecule has 30 heavy (non-hydrogen) atoms. The lowest BCUT2D eigenvalue weighted by molar-refractivity contribution is -0.121. The molecule has 180 valence electrons. The van der Waals surface area contributed by atoms with Gasteiger partial charge < -0.3 is 15.5 Å². The highest BCUT2D eigenvalue weighted by molar-refractivity contribution is 5.75. The molecule has 4 nitrogen and oxygen atoms in total. The van der Waals surface area contributed by atoms with Crippen molar-refractivity contribution in [3.8, 4) is 0 Å². The molecule has 0 unspecified atom stereocenters. The maximum atomic E-state index is 11.9. The Balaban J connectivity index is 3.21. The number of unbranched alkanes of at least 4 members (excludes halogenated alkanes) is 14. The Bertz CT molecular complexity index is 349. The molecule has 0 aliphatic carbocycles. The SMILES string of the molecule is CCCCCCCCCCCCCCCCCC(=O)NCCCN(C)CCCNC. The van der Waals surface area contributed by atoms with Gasteiger partial charge in [0, 0.05) is 13.0 Å². The summed E-state index contributed by atoms with van der Waals surface area (Å²) in [5.41, 5.74) is 0. The molecule has 0 aliphatic rings. The molecule has 0 rings (SSSR count). The first-order chi connectivity index (χ1) is 14.7. The average molecular weight is 426 g/mol. The van der Waals surface area contributed by atoms with Gasteiger partial charge in [-0.2, -0.15) is 0 Å². The summed E-state index contributed by atoms with van der Waals surface area (Å²) in [6.07, 6.45) is 23.4. The zero-order valence-corrected chi connectivity index (χ0v) is 20.9. The molecular weight excluding hydrogens is 370 g/mol. The van der Waals surface area contributed by atoms with Gasteiger partial charge in [0.1, 0.15) is 0 Å². The highest BCUT2D eigenvalue weighted by atomic mass is 16.1. The van der Waals surface area contributed by atoms with E-state index in [1.54, 1.807) is 0 Å². The Kier molecular flexibility index (Phi) is 24.2. The molecule has 0 spiro atoms. The third-order valence-corrected chi connectivity index (χ3v) is 6.01. The van der Waals surface area contributed by atoms with Crippen molar-refractivity contribution in [2.45, 2.75) is 122 Å². The quantitative estimate of drug-likeness (QED) is 0.178. The van der Waals surface area contributed by atoms with Gasteiger partial charge in [-0.05, 0) is 53.0 Å². The van der Waals surface area contributed by atoms with Crippen molar-refractivity contribution in [3.63, 3.8) is 0 Å². The van der Waals surface area contributed by atoms with E-state index in [4.69, 9.17) is 0 Å². The second-order valence-electron chi connectivity index (χ2n) is 9.16. The van der Waals surface area contributed by atoms with Crippen molar-refractivity contribution in [1.29, 1.82) is 0 Å². The van der Waals surface area contributed by atoms with Crippen LogP contribution in [-0.2, 0) is 4.79 Å². The summed E-state index contributed by atoms with van der Waals surface area (Å²) in [5, 5.41) is 6.25. The molecule has 0 aromatic heterocycles. The fraction of sp³-hybridized carbons (Fsp3) is 0.962. The molecule has 0 saturated heterocycles. The van der Waals surface area contributed by atoms with Gasteiger partial charge in [0.05, 0.1) is 0 Å². The van der Waals surface area contributed by atoms with Crippen molar-refractivity contribution in [3.05, 3.63) is 0 Å². The van der Waals surface area contributed by atoms with Crippen LogP contribution in [0, 0.1) is 0 Å². The fourth-order valence-corrected chi connectivity index (χ4v) is 3.96. The minimum Gasteiger partial charge on any atom is -0.356 e. The fourth-order valence-electron chi connectivity index (χ4n) is 3.96. The number of nitrogens with one attached hydrogen (secondary N) is 2. The maximum Gasteiger partial charge on any atom is 0.219 e. The van der Waals surface area contributed by atoms with Gasteiger partial charge in [-0.15, -0.1) is 0 Å². The van der Waals surface area contributed by atoms with E-state index < -0.39 is 0 Å². The Morgan fingerprint density at radius 2 is 1.07 bits per heavy atom. The molecule has 0 aliphatic heterocycles. The van der Waals surface area contributed by atoms with Crippen LogP contribution >= 0.6 is 0 Å². The van der Waals surface area contributed by atoms with Gasteiger partial charge in [0.25, 0.3) is 0 Å². The van der Waals surface area contributed by atoms with Crippen LogP contribution in [0.2, 0.25) is 0 Å². The van der Waals surface area contributed by atoms with Crippen LogP contribution in [0.25, 0.3) is 0 Å². The summed E-state index contributed by atoms with van der Waals surface area (Å²) in [4.78, 5) is 14.2. The maximum absolute atomic E-state index is 11.9. The molecule has 2 N–H and O–H groups in total. The van der Waals surface area contributed by atoms with E-state index in [2.05, 4.69) is 29.5 Å². The third kappa shape index (κ3) is 23.7. The second-order valence-corrected chi connectivity index (χ2v) is 9.16. The van der Waals surface area contributed by atoms with Gasteiger partial charge in [-0.3, -0.25) is 4.79 Å². The Morgan fingerprint density at radius 1 is 0.633 bits per heavy atom. The Hall–Kier alpha value is -0.610. The lowest BCUT2D eigenvalue weighted by Gasteiger charge is -2.16. The number of hydrogen-bond acceptors (Lipinski definition) is 3. The van der Waals surface area contributed by atoms with E-state index in [0.717, 1.165) is 39.0 Å². The van der Waals surface area contributed by atoms with E-state index in [-0.39, 0.29) is 5.91 Å². The molecule has 4 heteroatoms. The highest BCUT2D eigenvalue weighted by Crippen LogP contribution is 2.13. The monoisotopic (exact) mass is 425 g/mol. The molecule has 0 fully saturated rings. The number of nitrogens with zero attached hydrogens (tertiary/aromatic N) is 1. The molecular formula is C26H55N3O. The standard InChI is InChI=1S/C26H55N3O/c1-4-5-6-7-8-9-10-11-12-13-14-15-16-17-18-21-26(30)28-23-20-25-29(3)24-19-22-27-2/h27H,4-25H2,1-3H3,(H,28,30). The average Bonchev–Trinajstić information content (AvgIpc) is 2.74. The minimum atomic E-state index is 0.238. The lowest BCUT2D eigenvalue weighted by atomic mass is 10.0. The molecule has 0 atom stereocenters. The van der Waals surface area contributed by atoms with E-state index in [1.165, 1.54) is 96.3 Å². The van der Waals surface area contributed by atoms with Crippen molar-refractivity contribution in [2.24, 2.45) is 0 Å². The van der Waals surface area contributed by atoms with Crippen LogP contribution in [0.3, 0.4) is 0 Å². The molecule has 0 radical (unpaired) electrons. The first-order valence-electron chi connectivity index (χ1n) is 13.3. The van der Waals surface area contributed by atoms with Gasteiger partial charge >= 0.3 is 0 Å². The molecule has 0 aromatic rings. The van der Waals surface area contributed by atoms with Crippen molar-refractivity contribution in [1.82, 2.24) is 15.5 Å². The van der Waals surface area contributed by atoms with Crippen molar-refractivity contribution >= 4 is 5.91 Å². The summed E-state index contributed by atoms with van der Waals surface area (Å²) in [6.45, 7) is 6.35. The topological polar surface area (TPSA) is 44.4 Å². The summed E-state index contributed by atoms with van der Waals surface area (Å²) in [5.74, 6) is 0.238. The summed E-state index contributed by atoms with van der Waals surface area (Å²) >= 11 is 0. The van der Waals surface area contributed by atoms with Crippen LogP contribution < -0.4 is 10.6 Å². The van der Waals surface area contributed by atoms with Crippen LogP contribution in [0.1, 0.15) is 122 Å². The van der Waals surface area contributed by atoms with Gasteiger partial charge in [-0.1, -0.05) is 96.8 Å². The largest absolute Gasteiger partial charge is 0.356 e. The lowest BCUT2D eigenvalue weighted by Crippen LogP contribution is -2.29. The van der Waals surface area contributed by atoms with Crippen LogP contribution in [0.5, 0.6) is 0 Å². The Morgan fingerprint density at radius 3 is 1.53 bits per heavy atom. The number of hydrogen-bond donors (Lipinski definition) is 2. The summed E-state index contributed by atoms with van der Waals surface area (Å²) in [7, 11) is 4.15.